The molecule has 100 valence electrons. The number of benzene rings is 1. The van der Waals surface area contributed by atoms with E-state index in [1.165, 1.54) is 30.6 Å². The number of sulfone groups is 1. The summed E-state index contributed by atoms with van der Waals surface area (Å²) in [4.78, 5) is 3.81. The van der Waals surface area contributed by atoms with Gasteiger partial charge in [-0.05, 0) is 29.8 Å². The highest BCUT2D eigenvalue weighted by molar-refractivity contribution is 7.89. The van der Waals surface area contributed by atoms with E-state index < -0.39 is 21.4 Å². The van der Waals surface area contributed by atoms with Gasteiger partial charge >= 0.3 is 0 Å². The van der Waals surface area contributed by atoms with Crippen LogP contribution in [-0.2, 0) is 21.3 Å². The van der Waals surface area contributed by atoms with Crippen molar-refractivity contribution in [2.45, 2.75) is 11.5 Å². The van der Waals surface area contributed by atoms with E-state index >= 15 is 0 Å². The molecule has 2 aromatic rings. The fraction of sp³-hybridized carbons (Fsp3) is 0.154. The van der Waals surface area contributed by atoms with Crippen molar-refractivity contribution >= 4 is 21.4 Å². The Labute approximate surface area is 116 Å². The van der Waals surface area contributed by atoms with Crippen LogP contribution in [0.2, 0.25) is 5.02 Å². The summed E-state index contributed by atoms with van der Waals surface area (Å²) in [5.41, 5.74) is 0.626. The van der Waals surface area contributed by atoms with Gasteiger partial charge in [-0.25, -0.2) is 12.8 Å². The lowest BCUT2D eigenvalue weighted by Crippen LogP contribution is -2.09. The largest absolute Gasteiger partial charge is 0.265 e. The number of nitrogens with zero attached hydrogens (tertiary/aromatic N) is 1. The minimum atomic E-state index is -3.48. The second kappa shape index (κ2) is 5.67. The van der Waals surface area contributed by atoms with Crippen LogP contribution in [-0.4, -0.2) is 13.4 Å². The van der Waals surface area contributed by atoms with Gasteiger partial charge in [-0.2, -0.15) is 0 Å². The van der Waals surface area contributed by atoms with Gasteiger partial charge in [0.05, 0.1) is 11.5 Å². The second-order valence-corrected chi connectivity index (χ2v) is 6.56. The Kier molecular flexibility index (Phi) is 4.17. The van der Waals surface area contributed by atoms with Gasteiger partial charge in [-0.3, -0.25) is 4.98 Å². The Bertz CT molecular complexity index is 654. The normalized spacial score (nSPS) is 11.5. The topological polar surface area (TPSA) is 47.0 Å². The zero-order valence-corrected chi connectivity index (χ0v) is 11.5. The number of hydrogen-bond donors (Lipinski definition) is 0. The Morgan fingerprint density at radius 1 is 1.11 bits per heavy atom. The maximum atomic E-state index is 13.6. The molecule has 0 unspecified atom stereocenters. The Hall–Kier alpha value is -1.46. The molecule has 0 radical (unpaired) electrons. The first-order chi connectivity index (χ1) is 8.98. The Balaban J connectivity index is 2.23. The highest BCUT2D eigenvalue weighted by Crippen LogP contribution is 2.22. The minimum absolute atomic E-state index is 0.0122. The smallest absolute Gasteiger partial charge is 0.158 e. The highest BCUT2D eigenvalue weighted by atomic mass is 35.5. The molecular formula is C13H11ClFNO2S. The van der Waals surface area contributed by atoms with Crippen molar-refractivity contribution in [3.05, 3.63) is 64.7 Å². The molecule has 6 heteroatoms. The fourth-order valence-electron chi connectivity index (χ4n) is 1.67. The molecule has 19 heavy (non-hydrogen) atoms. The molecule has 0 N–H and O–H groups in total. The van der Waals surface area contributed by atoms with Gasteiger partial charge in [0.1, 0.15) is 5.82 Å². The van der Waals surface area contributed by atoms with Crippen LogP contribution in [0.25, 0.3) is 0 Å². The molecule has 0 aliphatic heterocycles. The van der Waals surface area contributed by atoms with Crippen molar-refractivity contribution in [1.82, 2.24) is 4.98 Å². The van der Waals surface area contributed by atoms with Crippen LogP contribution in [0.3, 0.4) is 0 Å². The lowest BCUT2D eigenvalue weighted by Gasteiger charge is -2.07. The molecule has 0 aliphatic rings. The van der Waals surface area contributed by atoms with Gasteiger partial charge in [0.2, 0.25) is 0 Å². The molecular weight excluding hydrogens is 289 g/mol. The van der Waals surface area contributed by atoms with Crippen LogP contribution in [0.1, 0.15) is 11.1 Å². The molecule has 0 amide bonds. The third-order valence-corrected chi connectivity index (χ3v) is 4.42. The van der Waals surface area contributed by atoms with Crippen LogP contribution < -0.4 is 0 Å². The molecule has 3 nitrogen and oxygen atoms in total. The van der Waals surface area contributed by atoms with Crippen molar-refractivity contribution in [2.75, 3.05) is 0 Å². The molecule has 0 bridgehead atoms. The summed E-state index contributed by atoms with van der Waals surface area (Å²) in [6.07, 6.45) is 3.03. The molecule has 1 heterocycles. The average Bonchev–Trinajstić information content (AvgIpc) is 2.35. The van der Waals surface area contributed by atoms with E-state index in [-0.39, 0.29) is 16.3 Å². The van der Waals surface area contributed by atoms with Gasteiger partial charge in [-0.15, -0.1) is 0 Å². The van der Waals surface area contributed by atoms with Crippen LogP contribution in [0.15, 0.2) is 42.7 Å². The second-order valence-electron chi connectivity index (χ2n) is 4.09. The molecule has 0 aliphatic carbocycles. The summed E-state index contributed by atoms with van der Waals surface area (Å²) in [7, 11) is -3.48. The van der Waals surface area contributed by atoms with E-state index in [1.807, 2.05) is 0 Å². The van der Waals surface area contributed by atoms with Crippen molar-refractivity contribution in [3.63, 3.8) is 0 Å². The van der Waals surface area contributed by atoms with Crippen molar-refractivity contribution in [3.8, 4) is 0 Å². The first-order valence-electron chi connectivity index (χ1n) is 5.50. The van der Waals surface area contributed by atoms with Crippen LogP contribution in [0.5, 0.6) is 0 Å². The third kappa shape index (κ3) is 3.75. The zero-order chi connectivity index (χ0) is 13.9. The summed E-state index contributed by atoms with van der Waals surface area (Å²) in [5.74, 6) is -1.19. The molecule has 0 spiro atoms. The SMILES string of the molecule is O=S(=O)(Cc1ccncc1)Cc1c(F)cccc1Cl. The Morgan fingerprint density at radius 3 is 2.42 bits per heavy atom. The summed E-state index contributed by atoms with van der Waals surface area (Å²) in [6, 6.07) is 7.34. The molecule has 1 aromatic heterocycles. The first kappa shape index (κ1) is 14.0. The monoisotopic (exact) mass is 299 g/mol. The maximum absolute atomic E-state index is 13.6. The molecule has 2 rings (SSSR count). The number of rotatable bonds is 4. The van der Waals surface area contributed by atoms with E-state index in [9.17, 15) is 12.8 Å². The predicted molar refractivity (Wildman–Crippen MR) is 72.0 cm³/mol. The number of hydrogen-bond acceptors (Lipinski definition) is 3. The van der Waals surface area contributed by atoms with E-state index in [4.69, 9.17) is 11.6 Å². The first-order valence-corrected chi connectivity index (χ1v) is 7.70. The van der Waals surface area contributed by atoms with Gasteiger partial charge in [-0.1, -0.05) is 17.7 Å². The lowest BCUT2D eigenvalue weighted by atomic mass is 10.2. The van der Waals surface area contributed by atoms with Gasteiger partial charge in [0.15, 0.2) is 9.84 Å². The standard InChI is InChI=1S/C13H11ClFNO2S/c14-12-2-1-3-13(15)11(12)9-19(17,18)8-10-4-6-16-7-5-10/h1-7H,8-9H2. The quantitative estimate of drug-likeness (QED) is 0.872. The average molecular weight is 300 g/mol. The lowest BCUT2D eigenvalue weighted by molar-refractivity contribution is 0.586. The summed E-state index contributed by atoms with van der Waals surface area (Å²) < 4.78 is 37.6. The van der Waals surface area contributed by atoms with Crippen molar-refractivity contribution < 1.29 is 12.8 Å². The summed E-state index contributed by atoms with van der Waals surface area (Å²) in [6.45, 7) is 0. The van der Waals surface area contributed by atoms with E-state index in [2.05, 4.69) is 4.98 Å². The Morgan fingerprint density at radius 2 is 1.79 bits per heavy atom. The molecule has 0 atom stereocenters. The summed E-state index contributed by atoms with van der Waals surface area (Å²) >= 11 is 5.82. The molecule has 0 fully saturated rings. The third-order valence-electron chi connectivity index (χ3n) is 2.56. The predicted octanol–water partition coefficient (Wildman–Crippen LogP) is 2.99. The van der Waals surface area contributed by atoms with Crippen LogP contribution >= 0.6 is 11.6 Å². The van der Waals surface area contributed by atoms with E-state index in [0.717, 1.165) is 0 Å². The van der Waals surface area contributed by atoms with Gasteiger partial charge in [0, 0.05) is 23.0 Å². The van der Waals surface area contributed by atoms with Crippen LogP contribution in [0, 0.1) is 5.82 Å². The molecule has 0 saturated heterocycles. The van der Waals surface area contributed by atoms with E-state index in [1.54, 1.807) is 12.1 Å². The number of pyridine rings is 1. The number of aromatic nitrogens is 1. The molecule has 1 aromatic carbocycles. The van der Waals surface area contributed by atoms with Gasteiger partial charge < -0.3 is 0 Å². The summed E-state index contributed by atoms with van der Waals surface area (Å²) in [5, 5.41) is 0.123. The number of halogens is 2. The van der Waals surface area contributed by atoms with Crippen LogP contribution in [0.4, 0.5) is 4.39 Å². The van der Waals surface area contributed by atoms with Crippen molar-refractivity contribution in [1.29, 1.82) is 0 Å². The van der Waals surface area contributed by atoms with Gasteiger partial charge in [0.25, 0.3) is 0 Å². The fourth-order valence-corrected chi connectivity index (χ4v) is 3.52. The maximum Gasteiger partial charge on any atom is 0.158 e. The highest BCUT2D eigenvalue weighted by Gasteiger charge is 2.18. The minimum Gasteiger partial charge on any atom is -0.265 e. The molecule has 0 saturated carbocycles. The van der Waals surface area contributed by atoms with E-state index in [0.29, 0.717) is 5.56 Å². The zero-order valence-electron chi connectivity index (χ0n) is 9.88. The van der Waals surface area contributed by atoms with Crippen molar-refractivity contribution in [2.24, 2.45) is 0 Å².